The maximum atomic E-state index is 10.7. The molecule has 0 aromatic heterocycles. The molecule has 6 heteroatoms. The molecule has 0 aliphatic rings. The standard InChI is InChI=1S/C5H12NO4P/c1-4(2)6-5(7)3-11(8,9)10/h4H,3H2,1-2H3,(H,6,7)(H2,8,9,10). The molecule has 0 rings (SSSR count). The van der Waals surface area contributed by atoms with Gasteiger partial charge in [0.1, 0.15) is 6.16 Å². The Hall–Kier alpha value is -0.380. The molecule has 0 aromatic carbocycles. The molecule has 0 unspecified atom stereocenters. The van der Waals surface area contributed by atoms with Crippen LogP contribution in [0.4, 0.5) is 0 Å². The van der Waals surface area contributed by atoms with Crippen LogP contribution in [0, 0.1) is 0 Å². The van der Waals surface area contributed by atoms with Gasteiger partial charge in [-0.2, -0.15) is 0 Å². The second kappa shape index (κ2) is 3.85. The van der Waals surface area contributed by atoms with Gasteiger partial charge in [-0.05, 0) is 13.8 Å². The molecule has 0 saturated heterocycles. The first kappa shape index (κ1) is 10.6. The quantitative estimate of drug-likeness (QED) is 0.521. The second-order valence-electron chi connectivity index (χ2n) is 2.55. The molecule has 0 saturated carbocycles. The Labute approximate surface area is 65.0 Å². The Balaban J connectivity index is 3.80. The molecule has 0 spiro atoms. The van der Waals surface area contributed by atoms with Crippen LogP contribution in [0.15, 0.2) is 0 Å². The van der Waals surface area contributed by atoms with Crippen LogP contribution in [-0.4, -0.2) is 27.9 Å². The fraction of sp³-hybridized carbons (Fsp3) is 0.800. The molecule has 0 aromatic rings. The van der Waals surface area contributed by atoms with Crippen LogP contribution in [0.1, 0.15) is 13.8 Å². The number of rotatable bonds is 3. The number of amides is 1. The van der Waals surface area contributed by atoms with Crippen LogP contribution in [0.2, 0.25) is 0 Å². The summed E-state index contributed by atoms with van der Waals surface area (Å²) in [6.45, 7) is 3.44. The molecule has 0 fully saturated rings. The molecule has 0 aliphatic heterocycles. The van der Waals surface area contributed by atoms with E-state index in [4.69, 9.17) is 9.79 Å². The molecular formula is C5H12NO4P. The number of carbonyl (C=O) groups is 1. The molecule has 1 amide bonds. The van der Waals surface area contributed by atoms with Crippen molar-refractivity contribution in [2.75, 3.05) is 6.16 Å². The Morgan fingerprint density at radius 3 is 2.27 bits per heavy atom. The summed E-state index contributed by atoms with van der Waals surface area (Å²) in [7, 11) is -4.19. The smallest absolute Gasteiger partial charge is 0.334 e. The van der Waals surface area contributed by atoms with Gasteiger partial charge in [0, 0.05) is 6.04 Å². The van der Waals surface area contributed by atoms with Gasteiger partial charge in [-0.3, -0.25) is 9.36 Å². The predicted octanol–water partition coefficient (Wildman–Crippen LogP) is -0.311. The summed E-state index contributed by atoms with van der Waals surface area (Å²) in [6, 6.07) is -0.0888. The average Bonchev–Trinajstić information content (AvgIpc) is 1.53. The van der Waals surface area contributed by atoms with E-state index in [0.29, 0.717) is 0 Å². The summed E-state index contributed by atoms with van der Waals surface area (Å²) < 4.78 is 10.3. The summed E-state index contributed by atoms with van der Waals surface area (Å²) >= 11 is 0. The molecule has 66 valence electrons. The first-order chi connectivity index (χ1) is 4.81. The zero-order valence-electron chi connectivity index (χ0n) is 6.44. The summed E-state index contributed by atoms with van der Waals surface area (Å²) in [5.41, 5.74) is 0. The van der Waals surface area contributed by atoms with E-state index in [9.17, 15) is 9.36 Å². The Morgan fingerprint density at radius 2 is 2.00 bits per heavy atom. The number of hydrogen-bond donors (Lipinski definition) is 3. The van der Waals surface area contributed by atoms with E-state index in [1.165, 1.54) is 0 Å². The molecular weight excluding hydrogens is 169 g/mol. The lowest BCUT2D eigenvalue weighted by atomic mass is 10.4. The highest BCUT2D eigenvalue weighted by Gasteiger charge is 2.18. The molecule has 0 heterocycles. The third kappa shape index (κ3) is 7.52. The van der Waals surface area contributed by atoms with Crippen LogP contribution in [0.5, 0.6) is 0 Å². The van der Waals surface area contributed by atoms with Crippen molar-refractivity contribution in [2.45, 2.75) is 19.9 Å². The highest BCUT2D eigenvalue weighted by Crippen LogP contribution is 2.33. The van der Waals surface area contributed by atoms with Crippen molar-refractivity contribution in [2.24, 2.45) is 0 Å². The van der Waals surface area contributed by atoms with Crippen molar-refractivity contribution in [3.63, 3.8) is 0 Å². The molecule has 0 atom stereocenters. The summed E-state index contributed by atoms with van der Waals surface area (Å²) in [5.74, 6) is -0.617. The van der Waals surface area contributed by atoms with Gasteiger partial charge in [-0.1, -0.05) is 0 Å². The van der Waals surface area contributed by atoms with E-state index in [1.54, 1.807) is 13.8 Å². The molecule has 0 aliphatic carbocycles. The molecule has 3 N–H and O–H groups in total. The lowest BCUT2D eigenvalue weighted by Gasteiger charge is -2.08. The van der Waals surface area contributed by atoms with Gasteiger partial charge in [0.05, 0.1) is 0 Å². The SMILES string of the molecule is CC(C)NC(=O)CP(=O)(O)O. The first-order valence-corrected chi connectivity index (χ1v) is 4.95. The second-order valence-corrected chi connectivity index (χ2v) is 4.19. The van der Waals surface area contributed by atoms with Crippen LogP contribution in [0.25, 0.3) is 0 Å². The summed E-state index contributed by atoms with van der Waals surface area (Å²) in [5, 5.41) is 2.37. The Kier molecular flexibility index (Phi) is 3.72. The van der Waals surface area contributed by atoms with Gasteiger partial charge >= 0.3 is 7.60 Å². The predicted molar refractivity (Wildman–Crippen MR) is 40.2 cm³/mol. The van der Waals surface area contributed by atoms with E-state index >= 15 is 0 Å². The van der Waals surface area contributed by atoms with Gasteiger partial charge < -0.3 is 15.1 Å². The fourth-order valence-corrected chi connectivity index (χ4v) is 1.02. The Bertz CT molecular complexity index is 185. The van der Waals surface area contributed by atoms with Crippen LogP contribution in [0.3, 0.4) is 0 Å². The van der Waals surface area contributed by atoms with Gasteiger partial charge in [0.2, 0.25) is 5.91 Å². The first-order valence-electron chi connectivity index (χ1n) is 3.15. The van der Waals surface area contributed by atoms with Gasteiger partial charge in [-0.25, -0.2) is 0 Å². The minimum Gasteiger partial charge on any atom is -0.353 e. The van der Waals surface area contributed by atoms with Crippen molar-refractivity contribution < 1.29 is 19.1 Å². The van der Waals surface area contributed by atoms with E-state index in [-0.39, 0.29) is 6.04 Å². The van der Waals surface area contributed by atoms with E-state index in [1.807, 2.05) is 0 Å². The highest BCUT2D eigenvalue weighted by atomic mass is 31.2. The highest BCUT2D eigenvalue weighted by molar-refractivity contribution is 7.52. The average molecular weight is 181 g/mol. The maximum Gasteiger partial charge on any atom is 0.334 e. The van der Waals surface area contributed by atoms with E-state index in [0.717, 1.165) is 0 Å². The lowest BCUT2D eigenvalue weighted by molar-refractivity contribution is -0.119. The van der Waals surface area contributed by atoms with E-state index < -0.39 is 19.7 Å². The van der Waals surface area contributed by atoms with Crippen LogP contribution in [-0.2, 0) is 9.36 Å². The van der Waals surface area contributed by atoms with Crippen LogP contribution >= 0.6 is 7.60 Å². The van der Waals surface area contributed by atoms with Gasteiger partial charge in [0.15, 0.2) is 0 Å². The van der Waals surface area contributed by atoms with Gasteiger partial charge in [-0.15, -0.1) is 0 Å². The Morgan fingerprint density at radius 1 is 1.55 bits per heavy atom. The third-order valence-corrected chi connectivity index (χ3v) is 1.50. The maximum absolute atomic E-state index is 10.7. The van der Waals surface area contributed by atoms with Crippen molar-refractivity contribution in [3.8, 4) is 0 Å². The molecule has 0 bridgehead atoms. The minimum atomic E-state index is -4.19. The van der Waals surface area contributed by atoms with Crippen molar-refractivity contribution in [1.82, 2.24) is 5.32 Å². The largest absolute Gasteiger partial charge is 0.353 e. The summed E-state index contributed by atoms with van der Waals surface area (Å²) in [6.07, 6.45) is -0.731. The molecule has 11 heavy (non-hydrogen) atoms. The lowest BCUT2D eigenvalue weighted by Crippen LogP contribution is -2.32. The van der Waals surface area contributed by atoms with Crippen molar-refractivity contribution >= 4 is 13.5 Å². The fourth-order valence-electron chi connectivity index (χ4n) is 0.555. The third-order valence-electron chi connectivity index (χ3n) is 0.799. The number of hydrogen-bond acceptors (Lipinski definition) is 2. The molecule has 5 nitrogen and oxygen atoms in total. The van der Waals surface area contributed by atoms with Crippen molar-refractivity contribution in [3.05, 3.63) is 0 Å². The van der Waals surface area contributed by atoms with E-state index in [2.05, 4.69) is 5.32 Å². The number of carbonyl (C=O) groups excluding carboxylic acids is 1. The normalized spacial score (nSPS) is 11.7. The van der Waals surface area contributed by atoms with Crippen molar-refractivity contribution in [1.29, 1.82) is 0 Å². The topological polar surface area (TPSA) is 86.6 Å². The number of nitrogens with one attached hydrogen (secondary N) is 1. The monoisotopic (exact) mass is 181 g/mol. The van der Waals surface area contributed by atoms with Gasteiger partial charge in [0.25, 0.3) is 0 Å². The zero-order valence-corrected chi connectivity index (χ0v) is 7.34. The molecule has 0 radical (unpaired) electrons. The zero-order chi connectivity index (χ0) is 9.07. The summed E-state index contributed by atoms with van der Waals surface area (Å²) in [4.78, 5) is 27.4. The van der Waals surface area contributed by atoms with Crippen LogP contribution < -0.4 is 5.32 Å². The minimum absolute atomic E-state index is 0.0888.